The molecule has 5 nitrogen and oxygen atoms in total. The summed E-state index contributed by atoms with van der Waals surface area (Å²) in [5.41, 5.74) is 2.98. The van der Waals surface area contributed by atoms with Crippen molar-refractivity contribution in [3.63, 3.8) is 0 Å². The summed E-state index contributed by atoms with van der Waals surface area (Å²) in [6.45, 7) is 3.02. The van der Waals surface area contributed by atoms with Gasteiger partial charge in [-0.05, 0) is 54.8 Å². The molecule has 2 N–H and O–H groups in total. The van der Waals surface area contributed by atoms with E-state index in [0.29, 0.717) is 19.5 Å². The highest BCUT2D eigenvalue weighted by Gasteiger charge is 2.12. The molecule has 0 fully saturated rings. The second kappa shape index (κ2) is 8.98. The van der Waals surface area contributed by atoms with Crippen molar-refractivity contribution < 1.29 is 9.18 Å². The molecule has 3 aromatic rings. The van der Waals surface area contributed by atoms with E-state index in [4.69, 9.17) is 0 Å². The van der Waals surface area contributed by atoms with E-state index < -0.39 is 0 Å². The molecule has 0 radical (unpaired) electrons. The Labute approximate surface area is 158 Å². The van der Waals surface area contributed by atoms with Crippen molar-refractivity contribution in [3.05, 3.63) is 83.9 Å². The van der Waals surface area contributed by atoms with E-state index in [9.17, 15) is 9.18 Å². The van der Waals surface area contributed by atoms with Gasteiger partial charge in [-0.1, -0.05) is 24.3 Å². The van der Waals surface area contributed by atoms with Gasteiger partial charge >= 0.3 is 0 Å². The van der Waals surface area contributed by atoms with Gasteiger partial charge in [0, 0.05) is 24.6 Å². The lowest BCUT2D eigenvalue weighted by Gasteiger charge is -2.16. The third kappa shape index (κ3) is 5.67. The molecule has 0 aliphatic heterocycles. The highest BCUT2D eigenvalue weighted by molar-refractivity contribution is 5.84. The summed E-state index contributed by atoms with van der Waals surface area (Å²) in [7, 11) is 0. The smallest absolute Gasteiger partial charge is 0.242 e. The maximum atomic E-state index is 12.9. The van der Waals surface area contributed by atoms with Crippen LogP contribution < -0.4 is 10.6 Å². The Hall–Kier alpha value is -3.15. The number of benzene rings is 2. The van der Waals surface area contributed by atoms with E-state index in [0.717, 1.165) is 16.8 Å². The fourth-order valence-corrected chi connectivity index (χ4v) is 2.79. The fraction of sp³-hybridized carbons (Fsp3) is 0.238. The molecule has 0 saturated carbocycles. The zero-order valence-corrected chi connectivity index (χ0v) is 15.2. The van der Waals surface area contributed by atoms with Gasteiger partial charge in [0.05, 0.1) is 6.54 Å². The van der Waals surface area contributed by atoms with Gasteiger partial charge in [-0.3, -0.25) is 9.48 Å². The summed E-state index contributed by atoms with van der Waals surface area (Å²) < 4.78 is 14.8. The average molecular weight is 366 g/mol. The number of hydrogen-bond donors (Lipinski definition) is 2. The van der Waals surface area contributed by atoms with Crippen LogP contribution in [0.15, 0.2) is 67.0 Å². The first-order chi connectivity index (χ1) is 13.1. The molecule has 0 aliphatic rings. The zero-order valence-electron chi connectivity index (χ0n) is 15.2. The molecule has 1 aromatic heterocycles. The van der Waals surface area contributed by atoms with Crippen LogP contribution in [0.25, 0.3) is 0 Å². The summed E-state index contributed by atoms with van der Waals surface area (Å²) in [5, 5.41) is 10.3. The van der Waals surface area contributed by atoms with E-state index in [-0.39, 0.29) is 17.8 Å². The van der Waals surface area contributed by atoms with Crippen molar-refractivity contribution >= 4 is 11.6 Å². The fourth-order valence-electron chi connectivity index (χ4n) is 2.79. The summed E-state index contributed by atoms with van der Waals surface area (Å²) in [4.78, 5) is 12.3. The Bertz CT molecular complexity index is 862. The van der Waals surface area contributed by atoms with Gasteiger partial charge in [0.2, 0.25) is 5.91 Å². The predicted molar refractivity (Wildman–Crippen MR) is 104 cm³/mol. The van der Waals surface area contributed by atoms with Crippen LogP contribution in [-0.2, 0) is 17.8 Å². The monoisotopic (exact) mass is 366 g/mol. The van der Waals surface area contributed by atoms with Crippen LogP contribution in [-0.4, -0.2) is 28.3 Å². The lowest BCUT2D eigenvalue weighted by atomic mass is 10.1. The summed E-state index contributed by atoms with van der Waals surface area (Å²) >= 11 is 0. The van der Waals surface area contributed by atoms with Gasteiger partial charge in [-0.25, -0.2) is 4.39 Å². The number of carbonyl (C=O) groups is 1. The van der Waals surface area contributed by atoms with Gasteiger partial charge in [0.25, 0.3) is 0 Å². The number of amides is 1. The van der Waals surface area contributed by atoms with Gasteiger partial charge in [0.15, 0.2) is 0 Å². The largest absolute Gasteiger partial charge is 0.374 e. The number of carbonyl (C=O) groups excluding carboxylic acids is 1. The van der Waals surface area contributed by atoms with Crippen LogP contribution in [0.3, 0.4) is 0 Å². The van der Waals surface area contributed by atoms with Crippen molar-refractivity contribution in [2.45, 2.75) is 25.9 Å². The van der Waals surface area contributed by atoms with Crippen LogP contribution in [0, 0.1) is 5.82 Å². The molecule has 140 valence electrons. The molecule has 0 spiro atoms. The molecule has 1 unspecified atom stereocenters. The molecule has 1 atom stereocenters. The van der Waals surface area contributed by atoms with Crippen LogP contribution in [0.1, 0.15) is 18.1 Å². The molecule has 3 rings (SSSR count). The number of halogens is 1. The lowest BCUT2D eigenvalue weighted by molar-refractivity contribution is -0.121. The molecule has 0 aliphatic carbocycles. The van der Waals surface area contributed by atoms with Crippen LogP contribution in [0.2, 0.25) is 0 Å². The number of nitrogens with zero attached hydrogens (tertiary/aromatic N) is 2. The molecule has 6 heteroatoms. The molecular weight excluding hydrogens is 343 g/mol. The molecular formula is C21H23FN4O. The van der Waals surface area contributed by atoms with Gasteiger partial charge in [-0.2, -0.15) is 5.10 Å². The van der Waals surface area contributed by atoms with Gasteiger partial charge in [0.1, 0.15) is 11.9 Å². The quantitative estimate of drug-likeness (QED) is 0.643. The lowest BCUT2D eigenvalue weighted by Crippen LogP contribution is -2.38. The number of nitrogens with one attached hydrogen (secondary N) is 2. The maximum absolute atomic E-state index is 12.9. The zero-order chi connectivity index (χ0) is 19.1. The van der Waals surface area contributed by atoms with E-state index in [1.807, 2.05) is 48.1 Å². The van der Waals surface area contributed by atoms with Crippen molar-refractivity contribution in [1.29, 1.82) is 0 Å². The van der Waals surface area contributed by atoms with Crippen LogP contribution in [0.5, 0.6) is 0 Å². The molecule has 2 aromatic carbocycles. The summed E-state index contributed by atoms with van der Waals surface area (Å²) in [6.07, 6.45) is 4.33. The van der Waals surface area contributed by atoms with Crippen LogP contribution in [0.4, 0.5) is 10.1 Å². The second-order valence-electron chi connectivity index (χ2n) is 6.44. The minimum absolute atomic E-state index is 0.0745. The number of anilines is 1. The molecule has 27 heavy (non-hydrogen) atoms. The SMILES string of the molecule is CC(Nc1cccc(Cn2cccn2)c1)C(=O)NCCc1ccc(F)cc1. The predicted octanol–water partition coefficient (Wildman–Crippen LogP) is 3.23. The summed E-state index contributed by atoms with van der Waals surface area (Å²) in [6, 6.07) is 15.8. The number of rotatable bonds is 8. The second-order valence-corrected chi connectivity index (χ2v) is 6.44. The van der Waals surface area contributed by atoms with Crippen molar-refractivity contribution in [2.75, 3.05) is 11.9 Å². The number of aromatic nitrogens is 2. The van der Waals surface area contributed by atoms with Crippen molar-refractivity contribution in [3.8, 4) is 0 Å². The Balaban J connectivity index is 1.48. The molecule has 0 bridgehead atoms. The first-order valence-corrected chi connectivity index (χ1v) is 8.95. The van der Waals surface area contributed by atoms with E-state index in [1.54, 1.807) is 18.3 Å². The Kier molecular flexibility index (Phi) is 6.20. The first-order valence-electron chi connectivity index (χ1n) is 8.95. The maximum Gasteiger partial charge on any atom is 0.242 e. The van der Waals surface area contributed by atoms with Crippen molar-refractivity contribution in [2.24, 2.45) is 0 Å². The Morgan fingerprint density at radius 1 is 1.15 bits per heavy atom. The van der Waals surface area contributed by atoms with E-state index in [2.05, 4.69) is 15.7 Å². The minimum Gasteiger partial charge on any atom is -0.374 e. The topological polar surface area (TPSA) is 59.0 Å². The molecule has 0 saturated heterocycles. The third-order valence-electron chi connectivity index (χ3n) is 4.23. The number of hydrogen-bond acceptors (Lipinski definition) is 3. The van der Waals surface area contributed by atoms with E-state index >= 15 is 0 Å². The average Bonchev–Trinajstić information content (AvgIpc) is 3.16. The minimum atomic E-state index is -0.363. The highest BCUT2D eigenvalue weighted by Crippen LogP contribution is 2.13. The summed E-state index contributed by atoms with van der Waals surface area (Å²) in [5.74, 6) is -0.329. The van der Waals surface area contributed by atoms with Gasteiger partial charge in [-0.15, -0.1) is 0 Å². The highest BCUT2D eigenvalue weighted by atomic mass is 19.1. The normalized spacial score (nSPS) is 11.8. The Morgan fingerprint density at radius 2 is 1.96 bits per heavy atom. The van der Waals surface area contributed by atoms with Crippen LogP contribution >= 0.6 is 0 Å². The third-order valence-corrected chi connectivity index (χ3v) is 4.23. The van der Waals surface area contributed by atoms with Crippen molar-refractivity contribution in [1.82, 2.24) is 15.1 Å². The standard InChI is InChI=1S/C21H23FN4O/c1-16(21(27)23-12-10-17-6-8-19(22)9-7-17)25-20-5-2-4-18(14-20)15-26-13-3-11-24-26/h2-9,11,13-14,16,25H,10,12,15H2,1H3,(H,23,27). The Morgan fingerprint density at radius 3 is 2.70 bits per heavy atom. The van der Waals surface area contributed by atoms with E-state index in [1.165, 1.54) is 12.1 Å². The first kappa shape index (κ1) is 18.6. The van der Waals surface area contributed by atoms with Gasteiger partial charge < -0.3 is 10.6 Å². The molecule has 1 amide bonds. The molecule has 1 heterocycles.